The van der Waals surface area contributed by atoms with Crippen molar-refractivity contribution < 1.29 is 32.6 Å². The summed E-state index contributed by atoms with van der Waals surface area (Å²) in [5.74, 6) is -3.14. The van der Waals surface area contributed by atoms with Crippen molar-refractivity contribution in [2.24, 2.45) is 11.8 Å². The molecule has 0 radical (unpaired) electrons. The van der Waals surface area contributed by atoms with Gasteiger partial charge in [-0.3, -0.25) is 9.59 Å². The third-order valence-electron chi connectivity index (χ3n) is 4.92. The van der Waals surface area contributed by atoms with Crippen LogP contribution < -0.4 is 4.90 Å². The largest absolute Gasteiger partial charge is 0.417 e. The van der Waals surface area contributed by atoms with Crippen molar-refractivity contribution in [3.63, 3.8) is 0 Å². The van der Waals surface area contributed by atoms with Crippen LogP contribution in [-0.4, -0.2) is 35.2 Å². The van der Waals surface area contributed by atoms with Crippen LogP contribution in [0, 0.1) is 11.8 Å². The molecule has 4 rings (SSSR count). The van der Waals surface area contributed by atoms with E-state index in [1.54, 1.807) is 6.08 Å². The second-order valence-corrected chi connectivity index (χ2v) is 6.64. The third kappa shape index (κ3) is 2.11. The summed E-state index contributed by atoms with van der Waals surface area (Å²) in [7, 11) is 0. The average Bonchev–Trinajstić information content (AvgIpc) is 3.18. The summed E-state index contributed by atoms with van der Waals surface area (Å²) < 4.78 is 44.7. The van der Waals surface area contributed by atoms with Crippen molar-refractivity contribution in [2.75, 3.05) is 11.5 Å². The Morgan fingerprint density at radius 1 is 1.28 bits per heavy atom. The van der Waals surface area contributed by atoms with Gasteiger partial charge in [-0.2, -0.15) is 13.2 Å². The molecule has 132 valence electrons. The van der Waals surface area contributed by atoms with Gasteiger partial charge in [-0.15, -0.1) is 0 Å². The van der Waals surface area contributed by atoms with Gasteiger partial charge in [0.2, 0.25) is 11.8 Å². The maximum Gasteiger partial charge on any atom is 0.417 e. The van der Waals surface area contributed by atoms with Gasteiger partial charge in [0.05, 0.1) is 40.8 Å². The molecule has 0 aromatic heterocycles. The Morgan fingerprint density at radius 2 is 2.00 bits per heavy atom. The minimum absolute atomic E-state index is 0.200. The zero-order valence-electron chi connectivity index (χ0n) is 12.5. The number of halogens is 4. The van der Waals surface area contributed by atoms with Gasteiger partial charge in [0.15, 0.2) is 0 Å². The van der Waals surface area contributed by atoms with Gasteiger partial charge in [0.25, 0.3) is 0 Å². The smallest absolute Gasteiger partial charge is 0.393 e. The highest BCUT2D eigenvalue weighted by Crippen LogP contribution is 2.52. The van der Waals surface area contributed by atoms with Gasteiger partial charge >= 0.3 is 6.18 Å². The first-order valence-electron chi connectivity index (χ1n) is 7.42. The lowest BCUT2D eigenvalue weighted by molar-refractivity contribution is -0.137. The van der Waals surface area contributed by atoms with E-state index in [0.717, 1.165) is 11.0 Å². The maximum atomic E-state index is 13.1. The zero-order chi connectivity index (χ0) is 18.1. The Hall–Kier alpha value is -1.90. The molecule has 3 aliphatic rings. The molecule has 3 heterocycles. The molecule has 2 amide bonds. The summed E-state index contributed by atoms with van der Waals surface area (Å²) in [5.41, 5.74) is -2.62. The van der Waals surface area contributed by atoms with E-state index in [2.05, 4.69) is 0 Å². The quantitative estimate of drug-likeness (QED) is 0.637. The van der Waals surface area contributed by atoms with Gasteiger partial charge in [-0.25, -0.2) is 4.90 Å². The van der Waals surface area contributed by atoms with Gasteiger partial charge < -0.3 is 9.84 Å². The molecule has 0 aliphatic carbocycles. The van der Waals surface area contributed by atoms with Crippen LogP contribution in [0.5, 0.6) is 0 Å². The summed E-state index contributed by atoms with van der Waals surface area (Å²) in [5, 5.41) is 9.09. The Morgan fingerprint density at radius 3 is 2.64 bits per heavy atom. The Labute approximate surface area is 144 Å². The van der Waals surface area contributed by atoms with Crippen LogP contribution in [-0.2, 0) is 20.5 Å². The summed E-state index contributed by atoms with van der Waals surface area (Å²) in [6.45, 7) is -0.498. The number of aliphatic hydroxyl groups is 1. The summed E-state index contributed by atoms with van der Waals surface area (Å²) >= 11 is 5.59. The van der Waals surface area contributed by atoms with Crippen molar-refractivity contribution in [3.8, 4) is 0 Å². The fraction of sp³-hybridized carbons (Fsp3) is 0.375. The van der Waals surface area contributed by atoms with Crippen molar-refractivity contribution in [1.29, 1.82) is 0 Å². The average molecular weight is 374 g/mol. The molecule has 0 unspecified atom stereocenters. The van der Waals surface area contributed by atoms with E-state index in [1.165, 1.54) is 12.1 Å². The molecule has 2 fully saturated rings. The molecule has 0 saturated carbocycles. The monoisotopic (exact) mass is 373 g/mol. The second-order valence-electron chi connectivity index (χ2n) is 6.23. The molecule has 3 aliphatic heterocycles. The van der Waals surface area contributed by atoms with Gasteiger partial charge in [-0.05, 0) is 18.2 Å². The molecule has 2 bridgehead atoms. The lowest BCUT2D eigenvalue weighted by Crippen LogP contribution is -2.43. The van der Waals surface area contributed by atoms with E-state index in [-0.39, 0.29) is 5.69 Å². The normalized spacial score (nSPS) is 33.5. The molecule has 9 heteroatoms. The first-order chi connectivity index (χ1) is 11.7. The van der Waals surface area contributed by atoms with Crippen LogP contribution >= 0.6 is 11.6 Å². The minimum Gasteiger partial charge on any atom is -0.393 e. The van der Waals surface area contributed by atoms with Crippen molar-refractivity contribution >= 4 is 29.1 Å². The number of carbonyl (C=O) groups is 2. The molecular weight excluding hydrogens is 363 g/mol. The van der Waals surface area contributed by atoms with Crippen molar-refractivity contribution in [1.82, 2.24) is 0 Å². The molecule has 2 saturated heterocycles. The summed E-state index contributed by atoms with van der Waals surface area (Å²) in [4.78, 5) is 26.2. The van der Waals surface area contributed by atoms with Crippen LogP contribution in [0.25, 0.3) is 0 Å². The van der Waals surface area contributed by atoms with E-state index >= 15 is 0 Å². The number of benzene rings is 1. The minimum atomic E-state index is -4.72. The second kappa shape index (κ2) is 5.06. The fourth-order valence-electron chi connectivity index (χ4n) is 3.81. The SMILES string of the molecule is O=C1[C@@H]2[C@@H](C(=O)N1c1ccc(Cl)c(C(F)(F)F)c1)[C@@]1(CO)C=C[C@H]2O1. The number of ether oxygens (including phenoxy) is 1. The number of carbonyl (C=O) groups excluding carboxylic acids is 2. The number of amides is 2. The number of fused-ring (bicyclic) bond motifs is 5. The third-order valence-corrected chi connectivity index (χ3v) is 5.25. The predicted octanol–water partition coefficient (Wildman–Crippen LogP) is 2.16. The van der Waals surface area contributed by atoms with Gasteiger partial charge in [-0.1, -0.05) is 23.8 Å². The van der Waals surface area contributed by atoms with Crippen LogP contribution in [0.15, 0.2) is 30.4 Å². The van der Waals surface area contributed by atoms with Crippen LogP contribution in [0.2, 0.25) is 5.02 Å². The van der Waals surface area contributed by atoms with Crippen molar-refractivity contribution in [3.05, 3.63) is 40.9 Å². The lowest BCUT2D eigenvalue weighted by atomic mass is 9.77. The zero-order valence-corrected chi connectivity index (χ0v) is 13.2. The Bertz CT molecular complexity index is 824. The van der Waals surface area contributed by atoms with E-state index in [9.17, 15) is 27.9 Å². The Kier molecular flexibility index (Phi) is 3.35. The van der Waals surface area contributed by atoms with E-state index in [1.807, 2.05) is 0 Å². The highest BCUT2D eigenvalue weighted by Gasteiger charge is 2.67. The van der Waals surface area contributed by atoms with Crippen LogP contribution in [0.1, 0.15) is 5.56 Å². The summed E-state index contributed by atoms with van der Waals surface area (Å²) in [6.07, 6.45) is -2.26. The molecule has 1 aromatic rings. The van der Waals surface area contributed by atoms with E-state index < -0.39 is 58.7 Å². The standard InChI is InChI=1S/C16H11ClF3NO4/c17-9-2-1-7(5-8(9)16(18,19)20)21-13(23)11-10-3-4-15(6-22,25-10)12(11)14(21)24/h1-5,10-12,22H,6H2/t10-,11+,12+,15+/m1/s1. The molecule has 0 spiro atoms. The number of alkyl halides is 3. The van der Waals surface area contributed by atoms with Gasteiger partial charge in [0, 0.05) is 0 Å². The first kappa shape index (κ1) is 16.6. The molecule has 5 nitrogen and oxygen atoms in total. The highest BCUT2D eigenvalue weighted by atomic mass is 35.5. The summed E-state index contributed by atoms with van der Waals surface area (Å²) in [6, 6.07) is 2.87. The molecule has 1 N–H and O–H groups in total. The molecular formula is C16H11ClF3NO4. The first-order valence-corrected chi connectivity index (χ1v) is 7.80. The van der Waals surface area contributed by atoms with Crippen LogP contribution in [0.4, 0.5) is 18.9 Å². The lowest BCUT2D eigenvalue weighted by Gasteiger charge is -2.26. The number of rotatable bonds is 2. The number of hydrogen-bond donors (Lipinski definition) is 1. The van der Waals surface area contributed by atoms with E-state index in [4.69, 9.17) is 16.3 Å². The number of nitrogens with zero attached hydrogens (tertiary/aromatic N) is 1. The Balaban J connectivity index is 1.77. The number of hydrogen-bond acceptors (Lipinski definition) is 4. The molecule has 1 aromatic carbocycles. The highest BCUT2D eigenvalue weighted by molar-refractivity contribution is 6.31. The molecule has 4 atom stereocenters. The van der Waals surface area contributed by atoms with Crippen molar-refractivity contribution in [2.45, 2.75) is 17.9 Å². The predicted molar refractivity (Wildman–Crippen MR) is 79.8 cm³/mol. The topological polar surface area (TPSA) is 66.8 Å². The number of anilines is 1. The number of aliphatic hydroxyl groups excluding tert-OH is 1. The maximum absolute atomic E-state index is 13.1. The number of imide groups is 1. The molecule has 25 heavy (non-hydrogen) atoms. The fourth-order valence-corrected chi connectivity index (χ4v) is 4.03. The van der Waals surface area contributed by atoms with Crippen LogP contribution in [0.3, 0.4) is 0 Å². The van der Waals surface area contributed by atoms with E-state index in [0.29, 0.717) is 6.07 Å². The van der Waals surface area contributed by atoms with Gasteiger partial charge in [0.1, 0.15) is 5.60 Å².